The summed E-state index contributed by atoms with van der Waals surface area (Å²) in [7, 11) is 0. The summed E-state index contributed by atoms with van der Waals surface area (Å²) in [6, 6.07) is 8.18. The van der Waals surface area contributed by atoms with Crippen molar-refractivity contribution >= 4 is 5.97 Å². The molecule has 0 aromatic heterocycles. The molecule has 0 aliphatic rings. The van der Waals surface area contributed by atoms with Gasteiger partial charge in [0.25, 0.3) is 0 Å². The Labute approximate surface area is 103 Å². The zero-order chi connectivity index (χ0) is 13.1. The van der Waals surface area contributed by atoms with Crippen LogP contribution in [0.3, 0.4) is 0 Å². The zero-order valence-corrected chi connectivity index (χ0v) is 10.7. The van der Waals surface area contributed by atoms with E-state index in [1.807, 2.05) is 25.1 Å². The van der Waals surface area contributed by atoms with Gasteiger partial charge >= 0.3 is 5.97 Å². The number of benzene rings is 1. The molecule has 3 N–H and O–H groups in total. The first-order valence-electron chi connectivity index (χ1n) is 5.95. The third-order valence-corrected chi connectivity index (χ3v) is 3.17. The number of hydrogen-bond acceptors (Lipinski definition) is 2. The van der Waals surface area contributed by atoms with Crippen LogP contribution in [0.25, 0.3) is 0 Å². The van der Waals surface area contributed by atoms with Crippen LogP contribution < -0.4 is 5.73 Å². The van der Waals surface area contributed by atoms with Gasteiger partial charge in [0.15, 0.2) is 0 Å². The second-order valence-electron chi connectivity index (χ2n) is 4.95. The van der Waals surface area contributed by atoms with Gasteiger partial charge in [-0.05, 0) is 38.2 Å². The van der Waals surface area contributed by atoms with Crippen LogP contribution in [0, 0.1) is 6.92 Å². The van der Waals surface area contributed by atoms with Gasteiger partial charge in [0, 0.05) is 0 Å². The molecular formula is C14H21NO2. The number of carboxylic acids is 1. The van der Waals surface area contributed by atoms with Crippen molar-refractivity contribution < 1.29 is 9.90 Å². The van der Waals surface area contributed by atoms with E-state index in [1.54, 1.807) is 6.92 Å². The molecule has 0 bridgehead atoms. The fourth-order valence-corrected chi connectivity index (χ4v) is 2.02. The van der Waals surface area contributed by atoms with Crippen molar-refractivity contribution in [3.63, 3.8) is 0 Å². The van der Waals surface area contributed by atoms with Gasteiger partial charge in [0.2, 0.25) is 0 Å². The Morgan fingerprint density at radius 1 is 1.53 bits per heavy atom. The van der Waals surface area contributed by atoms with Crippen molar-refractivity contribution in [3.8, 4) is 0 Å². The summed E-state index contributed by atoms with van der Waals surface area (Å²) >= 11 is 0. The van der Waals surface area contributed by atoms with Crippen LogP contribution in [0.5, 0.6) is 0 Å². The molecule has 0 saturated carbocycles. The molecule has 1 rings (SSSR count). The van der Waals surface area contributed by atoms with Crippen LogP contribution in [0.1, 0.15) is 43.7 Å². The number of hydrogen-bond donors (Lipinski definition) is 2. The molecule has 0 heterocycles. The highest BCUT2D eigenvalue weighted by atomic mass is 16.4. The van der Waals surface area contributed by atoms with Crippen molar-refractivity contribution in [2.75, 3.05) is 0 Å². The van der Waals surface area contributed by atoms with Gasteiger partial charge in [-0.25, -0.2) is 0 Å². The SMILES string of the molecule is CCC(CC(C)(N)C(=O)O)c1cccc(C)c1. The van der Waals surface area contributed by atoms with E-state index in [-0.39, 0.29) is 5.92 Å². The van der Waals surface area contributed by atoms with Crippen LogP contribution in [0.15, 0.2) is 24.3 Å². The maximum absolute atomic E-state index is 11.0. The largest absolute Gasteiger partial charge is 0.480 e. The Hall–Kier alpha value is -1.35. The topological polar surface area (TPSA) is 63.3 Å². The Balaban J connectivity index is 2.90. The van der Waals surface area contributed by atoms with Crippen LogP contribution in [-0.2, 0) is 4.79 Å². The third-order valence-electron chi connectivity index (χ3n) is 3.17. The molecule has 0 aliphatic heterocycles. The Kier molecular flexibility index (Phi) is 4.29. The van der Waals surface area contributed by atoms with Gasteiger partial charge in [-0.1, -0.05) is 36.8 Å². The predicted molar refractivity (Wildman–Crippen MR) is 69.1 cm³/mol. The lowest BCUT2D eigenvalue weighted by Crippen LogP contribution is -2.45. The van der Waals surface area contributed by atoms with Gasteiger partial charge in [-0.3, -0.25) is 4.79 Å². The van der Waals surface area contributed by atoms with E-state index >= 15 is 0 Å². The fraction of sp³-hybridized carbons (Fsp3) is 0.500. The lowest BCUT2D eigenvalue weighted by Gasteiger charge is -2.25. The summed E-state index contributed by atoms with van der Waals surface area (Å²) in [5.74, 6) is -0.746. The molecule has 94 valence electrons. The molecular weight excluding hydrogens is 214 g/mol. The third kappa shape index (κ3) is 3.56. The van der Waals surface area contributed by atoms with Crippen molar-refractivity contribution in [1.29, 1.82) is 0 Å². The van der Waals surface area contributed by atoms with Crippen LogP contribution in [0.2, 0.25) is 0 Å². The molecule has 0 amide bonds. The van der Waals surface area contributed by atoms with Gasteiger partial charge in [0.1, 0.15) is 5.54 Å². The van der Waals surface area contributed by atoms with Crippen molar-refractivity contribution in [2.45, 2.75) is 45.1 Å². The second-order valence-corrected chi connectivity index (χ2v) is 4.95. The first-order valence-corrected chi connectivity index (χ1v) is 5.95. The van der Waals surface area contributed by atoms with Gasteiger partial charge in [0.05, 0.1) is 0 Å². The minimum absolute atomic E-state index is 0.195. The Morgan fingerprint density at radius 3 is 2.65 bits per heavy atom. The van der Waals surface area contributed by atoms with Crippen molar-refractivity contribution in [3.05, 3.63) is 35.4 Å². The first kappa shape index (κ1) is 13.7. The molecule has 0 radical (unpaired) electrons. The summed E-state index contributed by atoms with van der Waals surface area (Å²) in [6.45, 7) is 5.67. The smallest absolute Gasteiger partial charge is 0.323 e. The first-order chi connectivity index (χ1) is 7.86. The van der Waals surface area contributed by atoms with Crippen molar-refractivity contribution in [2.24, 2.45) is 5.73 Å². The van der Waals surface area contributed by atoms with Crippen LogP contribution >= 0.6 is 0 Å². The maximum Gasteiger partial charge on any atom is 0.323 e. The van der Waals surface area contributed by atoms with E-state index in [9.17, 15) is 4.79 Å². The number of carboxylic acid groups (broad SMARTS) is 1. The molecule has 3 nitrogen and oxygen atoms in total. The summed E-state index contributed by atoms with van der Waals surface area (Å²) < 4.78 is 0. The standard InChI is InChI=1S/C14H21NO2/c1-4-11(9-14(3,15)13(16)17)12-7-5-6-10(2)8-12/h5-8,11H,4,9,15H2,1-3H3,(H,16,17). The van der Waals surface area contributed by atoms with E-state index in [0.717, 1.165) is 6.42 Å². The maximum atomic E-state index is 11.0. The number of rotatable bonds is 5. The summed E-state index contributed by atoms with van der Waals surface area (Å²) in [6.07, 6.45) is 1.35. The molecule has 0 aliphatic carbocycles. The second kappa shape index (κ2) is 5.32. The highest BCUT2D eigenvalue weighted by Crippen LogP contribution is 2.28. The minimum Gasteiger partial charge on any atom is -0.480 e. The highest BCUT2D eigenvalue weighted by Gasteiger charge is 2.31. The lowest BCUT2D eigenvalue weighted by molar-refractivity contribution is -0.143. The number of aryl methyl sites for hydroxylation is 1. The highest BCUT2D eigenvalue weighted by molar-refractivity contribution is 5.77. The average molecular weight is 235 g/mol. The molecule has 0 fully saturated rings. The van der Waals surface area contributed by atoms with Crippen LogP contribution in [0.4, 0.5) is 0 Å². The van der Waals surface area contributed by atoms with E-state index in [2.05, 4.69) is 13.0 Å². The Bertz CT molecular complexity index is 399. The minimum atomic E-state index is -1.16. The molecule has 0 saturated heterocycles. The number of aliphatic carboxylic acids is 1. The molecule has 1 aromatic rings. The Morgan fingerprint density at radius 2 is 2.18 bits per heavy atom. The summed E-state index contributed by atoms with van der Waals surface area (Å²) in [5.41, 5.74) is 7.01. The van der Waals surface area contributed by atoms with E-state index < -0.39 is 11.5 Å². The van der Waals surface area contributed by atoms with Gasteiger partial charge in [-0.15, -0.1) is 0 Å². The lowest BCUT2D eigenvalue weighted by atomic mass is 9.83. The number of carbonyl (C=O) groups is 1. The van der Waals surface area contributed by atoms with E-state index in [4.69, 9.17) is 10.8 Å². The quantitative estimate of drug-likeness (QED) is 0.824. The monoisotopic (exact) mass is 235 g/mol. The fourth-order valence-electron chi connectivity index (χ4n) is 2.02. The molecule has 3 heteroatoms. The predicted octanol–water partition coefficient (Wildman–Crippen LogP) is 2.68. The van der Waals surface area contributed by atoms with Crippen molar-refractivity contribution in [1.82, 2.24) is 0 Å². The van der Waals surface area contributed by atoms with Gasteiger partial charge in [-0.2, -0.15) is 0 Å². The molecule has 2 unspecified atom stereocenters. The zero-order valence-electron chi connectivity index (χ0n) is 10.7. The summed E-state index contributed by atoms with van der Waals surface area (Å²) in [4.78, 5) is 11.0. The average Bonchev–Trinajstić information content (AvgIpc) is 2.25. The van der Waals surface area contributed by atoms with Crippen LogP contribution in [-0.4, -0.2) is 16.6 Å². The van der Waals surface area contributed by atoms with Gasteiger partial charge < -0.3 is 10.8 Å². The molecule has 1 aromatic carbocycles. The van der Waals surface area contributed by atoms with E-state index in [1.165, 1.54) is 11.1 Å². The normalized spacial score (nSPS) is 16.2. The molecule has 2 atom stereocenters. The van der Waals surface area contributed by atoms with E-state index in [0.29, 0.717) is 6.42 Å². The number of nitrogens with two attached hydrogens (primary N) is 1. The molecule has 0 spiro atoms. The summed E-state index contributed by atoms with van der Waals surface area (Å²) in [5, 5.41) is 9.06. The molecule has 17 heavy (non-hydrogen) atoms.